The smallest absolute Gasteiger partial charge is 0.306 e. The van der Waals surface area contributed by atoms with Crippen molar-refractivity contribution < 1.29 is 19.8 Å². The van der Waals surface area contributed by atoms with E-state index in [0.29, 0.717) is 18.8 Å². The minimum Gasteiger partial charge on any atom is -0.481 e. The first-order valence-electron chi connectivity index (χ1n) is 6.45. The molecule has 2 atom stereocenters. The van der Waals surface area contributed by atoms with E-state index in [9.17, 15) is 9.59 Å². The van der Waals surface area contributed by atoms with E-state index in [0.717, 1.165) is 25.7 Å². The van der Waals surface area contributed by atoms with Crippen LogP contribution in [0.4, 0.5) is 0 Å². The molecule has 0 aromatic carbocycles. The molecule has 4 nitrogen and oxygen atoms in total. The molecule has 0 aromatic rings. The molecular weight excluding hydrogens is 220 g/mol. The second-order valence-corrected chi connectivity index (χ2v) is 4.59. The molecule has 0 heterocycles. The number of rotatable bonds is 10. The number of hydrogen-bond acceptors (Lipinski definition) is 2. The molecule has 0 spiro atoms. The van der Waals surface area contributed by atoms with E-state index in [2.05, 4.69) is 6.92 Å². The first-order valence-corrected chi connectivity index (χ1v) is 6.45. The van der Waals surface area contributed by atoms with Crippen molar-refractivity contribution in [2.24, 2.45) is 11.8 Å². The molecular formula is C13H24O4. The minimum atomic E-state index is -0.755. The van der Waals surface area contributed by atoms with Crippen molar-refractivity contribution in [1.82, 2.24) is 0 Å². The number of carbonyl (C=O) groups is 2. The molecule has 2 N–H and O–H groups in total. The van der Waals surface area contributed by atoms with Gasteiger partial charge in [0.15, 0.2) is 0 Å². The Kier molecular flexibility index (Phi) is 8.46. The fourth-order valence-corrected chi connectivity index (χ4v) is 2.04. The molecule has 100 valence electrons. The van der Waals surface area contributed by atoms with E-state index in [1.54, 1.807) is 0 Å². The van der Waals surface area contributed by atoms with Gasteiger partial charge >= 0.3 is 11.9 Å². The van der Waals surface area contributed by atoms with Crippen molar-refractivity contribution >= 4 is 11.9 Å². The van der Waals surface area contributed by atoms with Gasteiger partial charge in [0, 0.05) is 6.42 Å². The van der Waals surface area contributed by atoms with Gasteiger partial charge in [-0.15, -0.1) is 0 Å². The van der Waals surface area contributed by atoms with Crippen LogP contribution in [0.3, 0.4) is 0 Å². The van der Waals surface area contributed by atoms with Crippen LogP contribution in [0.2, 0.25) is 0 Å². The van der Waals surface area contributed by atoms with Crippen molar-refractivity contribution in [3.8, 4) is 0 Å². The van der Waals surface area contributed by atoms with E-state index in [-0.39, 0.29) is 12.3 Å². The monoisotopic (exact) mass is 244 g/mol. The maximum atomic E-state index is 10.9. The molecule has 4 heteroatoms. The summed E-state index contributed by atoms with van der Waals surface area (Å²) in [6.45, 7) is 3.96. The van der Waals surface area contributed by atoms with E-state index in [1.165, 1.54) is 0 Å². The summed E-state index contributed by atoms with van der Waals surface area (Å²) in [5.74, 6) is -1.31. The lowest BCUT2D eigenvalue weighted by Crippen LogP contribution is -2.17. The van der Waals surface area contributed by atoms with Gasteiger partial charge in [-0.2, -0.15) is 0 Å². The average Bonchev–Trinajstić information content (AvgIpc) is 2.27. The summed E-state index contributed by atoms with van der Waals surface area (Å²) in [6, 6.07) is 0. The lowest BCUT2D eigenvalue weighted by Gasteiger charge is -2.18. The molecule has 0 radical (unpaired) electrons. The Bertz CT molecular complexity index is 238. The Morgan fingerprint density at radius 3 is 2.12 bits per heavy atom. The lowest BCUT2D eigenvalue weighted by atomic mass is 9.87. The van der Waals surface area contributed by atoms with Gasteiger partial charge in [-0.25, -0.2) is 0 Å². The zero-order valence-electron chi connectivity index (χ0n) is 10.8. The third-order valence-corrected chi connectivity index (χ3v) is 3.29. The largest absolute Gasteiger partial charge is 0.481 e. The van der Waals surface area contributed by atoms with Crippen molar-refractivity contribution in [3.63, 3.8) is 0 Å². The van der Waals surface area contributed by atoms with Crippen molar-refractivity contribution in [2.45, 2.75) is 58.8 Å². The SMILES string of the molecule is CCC(CCCCC(=O)O)CC(CC)C(=O)O. The van der Waals surface area contributed by atoms with Gasteiger partial charge in [-0.3, -0.25) is 9.59 Å². The molecule has 17 heavy (non-hydrogen) atoms. The van der Waals surface area contributed by atoms with Crippen molar-refractivity contribution in [3.05, 3.63) is 0 Å². The maximum absolute atomic E-state index is 10.9. The highest BCUT2D eigenvalue weighted by Gasteiger charge is 2.19. The molecule has 0 bridgehead atoms. The first-order chi connectivity index (χ1) is 8.01. The normalized spacial score (nSPS) is 14.2. The van der Waals surface area contributed by atoms with Crippen LogP contribution >= 0.6 is 0 Å². The average molecular weight is 244 g/mol. The van der Waals surface area contributed by atoms with Gasteiger partial charge in [-0.05, 0) is 25.2 Å². The molecule has 0 fully saturated rings. The first kappa shape index (κ1) is 15.9. The summed E-state index contributed by atoms with van der Waals surface area (Å²) in [4.78, 5) is 21.3. The summed E-state index contributed by atoms with van der Waals surface area (Å²) in [7, 11) is 0. The molecule has 2 unspecified atom stereocenters. The van der Waals surface area contributed by atoms with Gasteiger partial charge in [0.1, 0.15) is 0 Å². The molecule has 0 saturated carbocycles. The van der Waals surface area contributed by atoms with Crippen LogP contribution in [0.25, 0.3) is 0 Å². The van der Waals surface area contributed by atoms with Crippen LogP contribution in [0.5, 0.6) is 0 Å². The van der Waals surface area contributed by atoms with Gasteiger partial charge in [-0.1, -0.05) is 33.1 Å². The molecule has 0 aliphatic heterocycles. The number of carboxylic acids is 2. The van der Waals surface area contributed by atoms with Crippen molar-refractivity contribution in [1.29, 1.82) is 0 Å². The van der Waals surface area contributed by atoms with Crippen LogP contribution in [0, 0.1) is 11.8 Å². The number of unbranched alkanes of at least 4 members (excludes halogenated alkanes) is 1. The number of aliphatic carboxylic acids is 2. The van der Waals surface area contributed by atoms with E-state index < -0.39 is 11.9 Å². The Balaban J connectivity index is 3.90. The highest BCUT2D eigenvalue weighted by molar-refractivity contribution is 5.69. The van der Waals surface area contributed by atoms with E-state index in [4.69, 9.17) is 10.2 Å². The summed E-state index contributed by atoms with van der Waals surface area (Å²) in [6.07, 6.45) is 5.07. The summed E-state index contributed by atoms with van der Waals surface area (Å²) in [5, 5.41) is 17.5. The zero-order valence-corrected chi connectivity index (χ0v) is 10.8. The minimum absolute atomic E-state index is 0.215. The maximum Gasteiger partial charge on any atom is 0.306 e. The third kappa shape index (κ3) is 7.77. The van der Waals surface area contributed by atoms with Crippen LogP contribution in [-0.2, 0) is 9.59 Å². The fourth-order valence-electron chi connectivity index (χ4n) is 2.04. The van der Waals surface area contributed by atoms with Gasteiger partial charge in [0.25, 0.3) is 0 Å². The molecule has 0 aliphatic rings. The highest BCUT2D eigenvalue weighted by atomic mass is 16.4. The molecule has 0 rings (SSSR count). The topological polar surface area (TPSA) is 74.6 Å². The summed E-state index contributed by atoms with van der Waals surface area (Å²) in [5.41, 5.74) is 0. The van der Waals surface area contributed by atoms with Crippen molar-refractivity contribution in [2.75, 3.05) is 0 Å². The Morgan fingerprint density at radius 1 is 1.06 bits per heavy atom. The number of hydrogen-bond donors (Lipinski definition) is 2. The van der Waals surface area contributed by atoms with Gasteiger partial charge < -0.3 is 10.2 Å². The molecule has 0 saturated heterocycles. The predicted octanol–water partition coefficient (Wildman–Crippen LogP) is 3.16. The third-order valence-electron chi connectivity index (χ3n) is 3.29. The van der Waals surface area contributed by atoms with Gasteiger partial charge in [0.05, 0.1) is 5.92 Å². The second-order valence-electron chi connectivity index (χ2n) is 4.59. The van der Waals surface area contributed by atoms with Crippen LogP contribution in [0.15, 0.2) is 0 Å². The quantitative estimate of drug-likeness (QED) is 0.579. The van der Waals surface area contributed by atoms with Gasteiger partial charge in [0.2, 0.25) is 0 Å². The Hall–Kier alpha value is -1.06. The number of carboxylic acid groups (broad SMARTS) is 2. The predicted molar refractivity (Wildman–Crippen MR) is 65.9 cm³/mol. The molecule has 0 aromatic heterocycles. The standard InChI is InChI=1S/C13H24O4/c1-3-10(7-5-6-8-12(14)15)9-11(4-2)13(16)17/h10-11H,3-9H2,1-2H3,(H,14,15)(H,16,17). The Labute approximate surface area is 103 Å². The van der Waals surface area contributed by atoms with Crippen LogP contribution in [0.1, 0.15) is 58.8 Å². The lowest BCUT2D eigenvalue weighted by molar-refractivity contribution is -0.142. The van der Waals surface area contributed by atoms with Crippen LogP contribution < -0.4 is 0 Å². The summed E-state index contributed by atoms with van der Waals surface area (Å²) < 4.78 is 0. The highest BCUT2D eigenvalue weighted by Crippen LogP contribution is 2.23. The Morgan fingerprint density at radius 2 is 1.71 bits per heavy atom. The second kappa shape index (κ2) is 9.02. The molecule has 0 aliphatic carbocycles. The van der Waals surface area contributed by atoms with E-state index >= 15 is 0 Å². The zero-order chi connectivity index (χ0) is 13.3. The van der Waals surface area contributed by atoms with Crippen LogP contribution in [-0.4, -0.2) is 22.2 Å². The molecule has 0 amide bonds. The fraction of sp³-hybridized carbons (Fsp3) is 0.846. The van der Waals surface area contributed by atoms with E-state index in [1.807, 2.05) is 6.92 Å². The summed E-state index contributed by atoms with van der Waals surface area (Å²) >= 11 is 0.